The summed E-state index contributed by atoms with van der Waals surface area (Å²) in [5, 5.41) is 10.3. The molecule has 1 unspecified atom stereocenters. The van der Waals surface area contributed by atoms with Crippen LogP contribution in [0.15, 0.2) is 6.33 Å². The lowest BCUT2D eigenvalue weighted by Crippen LogP contribution is -2.45. The standard InChI is InChI=1S/C19H30N6O4/c1-3-15(17-20-12-21-25(17)4-2)23-18(27)13-5-7-14(8-6-13)22-16(26)11-24-9-10-29-19(24)28/h12-15H,3-11H2,1-2H3,(H,22,26)(H,23,27). The van der Waals surface area contributed by atoms with Gasteiger partial charge in [-0.2, -0.15) is 5.10 Å². The molecule has 2 N–H and O–H groups in total. The van der Waals surface area contributed by atoms with Crippen LogP contribution in [-0.4, -0.2) is 63.3 Å². The predicted molar refractivity (Wildman–Crippen MR) is 104 cm³/mol. The van der Waals surface area contributed by atoms with E-state index in [1.807, 2.05) is 13.8 Å². The van der Waals surface area contributed by atoms with Crippen LogP contribution >= 0.6 is 0 Å². The van der Waals surface area contributed by atoms with Crippen LogP contribution in [0.4, 0.5) is 4.79 Å². The van der Waals surface area contributed by atoms with Crippen molar-refractivity contribution in [3.8, 4) is 0 Å². The molecule has 2 fully saturated rings. The van der Waals surface area contributed by atoms with Gasteiger partial charge in [0.1, 0.15) is 25.3 Å². The van der Waals surface area contributed by atoms with Crippen LogP contribution < -0.4 is 10.6 Å². The summed E-state index contributed by atoms with van der Waals surface area (Å²) < 4.78 is 6.63. The molecule has 1 aliphatic carbocycles. The maximum Gasteiger partial charge on any atom is 0.410 e. The molecule has 1 atom stereocenters. The Morgan fingerprint density at radius 2 is 2.03 bits per heavy atom. The molecule has 1 saturated carbocycles. The van der Waals surface area contributed by atoms with Crippen molar-refractivity contribution in [2.24, 2.45) is 5.92 Å². The zero-order valence-electron chi connectivity index (χ0n) is 17.1. The smallest absolute Gasteiger partial charge is 0.410 e. The lowest BCUT2D eigenvalue weighted by molar-refractivity contribution is -0.127. The number of rotatable bonds is 8. The number of hydrogen-bond donors (Lipinski definition) is 2. The number of carbonyl (C=O) groups is 3. The second kappa shape index (κ2) is 9.71. The molecule has 3 rings (SSSR count). The van der Waals surface area contributed by atoms with Crippen molar-refractivity contribution in [3.05, 3.63) is 12.2 Å². The Morgan fingerprint density at radius 1 is 1.28 bits per heavy atom. The molecule has 2 heterocycles. The highest BCUT2D eigenvalue weighted by Crippen LogP contribution is 2.26. The van der Waals surface area contributed by atoms with E-state index >= 15 is 0 Å². The SMILES string of the molecule is CCC(NC(=O)C1CCC(NC(=O)CN2CCOC2=O)CC1)c1ncnn1CC. The molecule has 10 nitrogen and oxygen atoms in total. The molecule has 1 saturated heterocycles. The first-order valence-corrected chi connectivity index (χ1v) is 10.4. The van der Waals surface area contributed by atoms with Gasteiger partial charge in [-0.15, -0.1) is 0 Å². The van der Waals surface area contributed by atoms with Crippen molar-refractivity contribution >= 4 is 17.9 Å². The Morgan fingerprint density at radius 3 is 2.66 bits per heavy atom. The molecule has 10 heteroatoms. The zero-order valence-corrected chi connectivity index (χ0v) is 17.1. The van der Waals surface area contributed by atoms with Crippen molar-refractivity contribution in [2.45, 2.75) is 64.6 Å². The van der Waals surface area contributed by atoms with Crippen LogP contribution in [0.2, 0.25) is 0 Å². The summed E-state index contributed by atoms with van der Waals surface area (Å²) in [6, 6.07) is -0.113. The fraction of sp³-hybridized carbons (Fsp3) is 0.737. The molecule has 160 valence electrons. The summed E-state index contributed by atoms with van der Waals surface area (Å²) in [4.78, 5) is 42.0. The Balaban J connectivity index is 1.44. The maximum atomic E-state index is 12.7. The van der Waals surface area contributed by atoms with Crippen LogP contribution in [0.25, 0.3) is 0 Å². The minimum absolute atomic E-state index is 0.0234. The number of carbonyl (C=O) groups excluding carboxylic acids is 3. The first kappa shape index (κ1) is 21.1. The highest BCUT2D eigenvalue weighted by Gasteiger charge is 2.30. The molecule has 0 aromatic carbocycles. The lowest BCUT2D eigenvalue weighted by atomic mass is 9.85. The second-order valence-corrected chi connectivity index (χ2v) is 7.56. The monoisotopic (exact) mass is 406 g/mol. The fourth-order valence-electron chi connectivity index (χ4n) is 3.94. The van der Waals surface area contributed by atoms with E-state index in [2.05, 4.69) is 20.7 Å². The average molecular weight is 406 g/mol. The minimum Gasteiger partial charge on any atom is -0.448 e. The Labute approximate surface area is 170 Å². The van der Waals surface area contributed by atoms with Gasteiger partial charge in [-0.3, -0.25) is 14.5 Å². The molecule has 29 heavy (non-hydrogen) atoms. The van der Waals surface area contributed by atoms with Crippen molar-refractivity contribution in [1.82, 2.24) is 30.3 Å². The normalized spacial score (nSPS) is 22.8. The minimum atomic E-state index is -0.440. The van der Waals surface area contributed by atoms with Crippen molar-refractivity contribution in [1.29, 1.82) is 0 Å². The Bertz CT molecular complexity index is 728. The summed E-state index contributed by atoms with van der Waals surface area (Å²) in [5.74, 6) is 0.572. The molecule has 2 aliphatic rings. The average Bonchev–Trinajstić information content (AvgIpc) is 3.35. The number of aromatic nitrogens is 3. The Hall–Kier alpha value is -2.65. The summed E-state index contributed by atoms with van der Waals surface area (Å²) in [7, 11) is 0. The lowest BCUT2D eigenvalue weighted by Gasteiger charge is -2.30. The van der Waals surface area contributed by atoms with Crippen molar-refractivity contribution < 1.29 is 19.1 Å². The molecule has 1 aromatic rings. The molecular weight excluding hydrogens is 376 g/mol. The molecule has 0 spiro atoms. The third kappa shape index (κ3) is 5.24. The maximum absolute atomic E-state index is 12.7. The van der Waals surface area contributed by atoms with E-state index in [4.69, 9.17) is 4.74 Å². The van der Waals surface area contributed by atoms with Gasteiger partial charge in [-0.05, 0) is 39.0 Å². The fourth-order valence-corrected chi connectivity index (χ4v) is 3.94. The number of cyclic esters (lactones) is 1. The van der Waals surface area contributed by atoms with E-state index in [1.54, 1.807) is 4.68 Å². The molecular formula is C19H30N6O4. The molecule has 0 bridgehead atoms. The van der Waals surface area contributed by atoms with Crippen LogP contribution in [0.1, 0.15) is 57.8 Å². The topological polar surface area (TPSA) is 118 Å². The first-order chi connectivity index (χ1) is 14.0. The summed E-state index contributed by atoms with van der Waals surface area (Å²) in [6.07, 6.45) is 4.76. The first-order valence-electron chi connectivity index (χ1n) is 10.4. The van der Waals surface area contributed by atoms with Crippen molar-refractivity contribution in [2.75, 3.05) is 19.7 Å². The second-order valence-electron chi connectivity index (χ2n) is 7.56. The molecule has 0 radical (unpaired) electrons. The van der Waals surface area contributed by atoms with E-state index in [0.29, 0.717) is 19.7 Å². The van der Waals surface area contributed by atoms with Crippen LogP contribution in [0.5, 0.6) is 0 Å². The summed E-state index contributed by atoms with van der Waals surface area (Å²) in [5.41, 5.74) is 0. The van der Waals surface area contributed by atoms with Gasteiger partial charge >= 0.3 is 6.09 Å². The largest absolute Gasteiger partial charge is 0.448 e. The number of ether oxygens (including phenoxy) is 1. The highest BCUT2D eigenvalue weighted by atomic mass is 16.6. The molecule has 1 aromatic heterocycles. The third-order valence-corrected chi connectivity index (χ3v) is 5.62. The highest BCUT2D eigenvalue weighted by molar-refractivity contribution is 5.83. The number of aryl methyl sites for hydroxylation is 1. The number of hydrogen-bond acceptors (Lipinski definition) is 6. The quantitative estimate of drug-likeness (QED) is 0.665. The number of nitrogens with zero attached hydrogens (tertiary/aromatic N) is 4. The van der Waals surface area contributed by atoms with E-state index in [9.17, 15) is 14.4 Å². The van der Waals surface area contributed by atoms with Gasteiger partial charge in [0.25, 0.3) is 0 Å². The van der Waals surface area contributed by atoms with E-state index < -0.39 is 6.09 Å². The van der Waals surface area contributed by atoms with Gasteiger partial charge in [-0.1, -0.05) is 6.92 Å². The van der Waals surface area contributed by atoms with Gasteiger partial charge in [0.15, 0.2) is 0 Å². The Kier molecular flexibility index (Phi) is 7.05. The van der Waals surface area contributed by atoms with E-state index in [1.165, 1.54) is 11.2 Å². The zero-order chi connectivity index (χ0) is 20.8. The van der Waals surface area contributed by atoms with Crippen molar-refractivity contribution in [3.63, 3.8) is 0 Å². The third-order valence-electron chi connectivity index (χ3n) is 5.62. The number of nitrogens with one attached hydrogen (secondary N) is 2. The molecule has 3 amide bonds. The van der Waals surface area contributed by atoms with Crippen LogP contribution in [0, 0.1) is 5.92 Å². The number of amides is 3. The summed E-state index contributed by atoms with van der Waals surface area (Å²) >= 11 is 0. The predicted octanol–water partition coefficient (Wildman–Crippen LogP) is 0.993. The van der Waals surface area contributed by atoms with Gasteiger partial charge in [0, 0.05) is 18.5 Å². The van der Waals surface area contributed by atoms with E-state index in [0.717, 1.165) is 37.9 Å². The van der Waals surface area contributed by atoms with Gasteiger partial charge in [0.05, 0.1) is 12.6 Å². The van der Waals surface area contributed by atoms with Crippen LogP contribution in [-0.2, 0) is 20.9 Å². The molecule has 1 aliphatic heterocycles. The van der Waals surface area contributed by atoms with E-state index in [-0.39, 0.29) is 36.4 Å². The van der Waals surface area contributed by atoms with Gasteiger partial charge in [0.2, 0.25) is 11.8 Å². The summed E-state index contributed by atoms with van der Waals surface area (Å²) in [6.45, 7) is 5.53. The van der Waals surface area contributed by atoms with Gasteiger partial charge in [-0.25, -0.2) is 14.5 Å². The van der Waals surface area contributed by atoms with Crippen LogP contribution in [0.3, 0.4) is 0 Å². The van der Waals surface area contributed by atoms with Gasteiger partial charge < -0.3 is 15.4 Å².